The smallest absolute Gasteiger partial charge is 0.118 e. The summed E-state index contributed by atoms with van der Waals surface area (Å²) in [4.78, 5) is 3.99. The molecule has 1 aliphatic rings. The van der Waals surface area contributed by atoms with E-state index in [1.54, 1.807) is 12.4 Å². The van der Waals surface area contributed by atoms with Crippen LogP contribution in [-0.2, 0) is 4.74 Å². The normalized spacial score (nSPS) is 20.8. The molecule has 0 bridgehead atoms. The van der Waals surface area contributed by atoms with Crippen LogP contribution in [0.5, 0.6) is 0 Å². The molecule has 2 nitrogen and oxygen atoms in total. The highest BCUT2D eigenvalue weighted by molar-refractivity contribution is 5.32. The van der Waals surface area contributed by atoms with Crippen molar-refractivity contribution in [1.29, 1.82) is 0 Å². The second kappa shape index (κ2) is 4.06. The summed E-state index contributed by atoms with van der Waals surface area (Å²) in [7, 11) is 0. The van der Waals surface area contributed by atoms with E-state index in [1.807, 2.05) is 12.1 Å². The van der Waals surface area contributed by atoms with E-state index in [1.165, 1.54) is 0 Å². The average molecular weight is 173 g/mol. The van der Waals surface area contributed by atoms with Gasteiger partial charge in [0, 0.05) is 24.6 Å². The lowest BCUT2D eigenvalue weighted by molar-refractivity contribution is 0.152. The average Bonchev–Trinajstić information content (AvgIpc) is 2.69. The minimum atomic E-state index is 0.139. The maximum absolute atomic E-state index is 5.38. The van der Waals surface area contributed by atoms with Gasteiger partial charge >= 0.3 is 0 Å². The van der Waals surface area contributed by atoms with Gasteiger partial charge in [-0.2, -0.15) is 0 Å². The van der Waals surface area contributed by atoms with Crippen molar-refractivity contribution in [2.24, 2.45) is 0 Å². The molecule has 2 rings (SSSR count). The van der Waals surface area contributed by atoms with Crippen LogP contribution >= 0.6 is 0 Å². The summed E-state index contributed by atoms with van der Waals surface area (Å²) in [5, 5.41) is 0. The Balaban J connectivity index is 2.03. The lowest BCUT2D eigenvalue weighted by atomic mass is 10.2. The first-order valence-electron chi connectivity index (χ1n) is 4.48. The van der Waals surface area contributed by atoms with Crippen molar-refractivity contribution in [2.75, 3.05) is 6.61 Å². The molecule has 0 unspecified atom stereocenters. The topological polar surface area (TPSA) is 22.1 Å². The third-order valence-corrected chi connectivity index (χ3v) is 1.97. The van der Waals surface area contributed by atoms with Crippen LogP contribution in [0.15, 0.2) is 24.5 Å². The van der Waals surface area contributed by atoms with Gasteiger partial charge in [-0.15, -0.1) is 0 Å². The van der Waals surface area contributed by atoms with Crippen LogP contribution in [0, 0.1) is 11.8 Å². The van der Waals surface area contributed by atoms with Gasteiger partial charge in [-0.1, -0.05) is 11.8 Å². The third kappa shape index (κ3) is 2.30. The lowest BCUT2D eigenvalue weighted by Crippen LogP contribution is -1.99. The SMILES string of the molecule is C(#C[C@@H]1CCCO1)c1cccnc1. The van der Waals surface area contributed by atoms with Crippen LogP contribution < -0.4 is 0 Å². The summed E-state index contributed by atoms with van der Waals surface area (Å²) < 4.78 is 5.38. The zero-order valence-electron chi connectivity index (χ0n) is 7.36. The molecule has 2 heteroatoms. The fraction of sp³-hybridized carbons (Fsp3) is 0.364. The summed E-state index contributed by atoms with van der Waals surface area (Å²) >= 11 is 0. The van der Waals surface area contributed by atoms with Gasteiger partial charge in [-0.3, -0.25) is 4.98 Å². The molecule has 66 valence electrons. The Bertz CT molecular complexity index is 317. The molecule has 1 fully saturated rings. The highest BCUT2D eigenvalue weighted by Crippen LogP contribution is 2.10. The van der Waals surface area contributed by atoms with Crippen molar-refractivity contribution in [3.63, 3.8) is 0 Å². The Morgan fingerprint density at radius 2 is 2.54 bits per heavy atom. The fourth-order valence-electron chi connectivity index (χ4n) is 1.29. The Hall–Kier alpha value is -1.33. The summed E-state index contributed by atoms with van der Waals surface area (Å²) in [5.41, 5.74) is 0.956. The summed E-state index contributed by atoms with van der Waals surface area (Å²) in [5.74, 6) is 6.13. The molecule has 0 radical (unpaired) electrons. The second-order valence-corrected chi connectivity index (χ2v) is 3.01. The maximum atomic E-state index is 5.38. The third-order valence-electron chi connectivity index (χ3n) is 1.97. The van der Waals surface area contributed by atoms with Crippen molar-refractivity contribution < 1.29 is 4.74 Å². The number of hydrogen-bond acceptors (Lipinski definition) is 2. The van der Waals surface area contributed by atoms with E-state index >= 15 is 0 Å². The quantitative estimate of drug-likeness (QED) is 0.556. The van der Waals surface area contributed by atoms with E-state index < -0.39 is 0 Å². The van der Waals surface area contributed by atoms with Crippen molar-refractivity contribution in [2.45, 2.75) is 18.9 Å². The molecule has 13 heavy (non-hydrogen) atoms. The predicted octanol–water partition coefficient (Wildman–Crippen LogP) is 1.61. The first-order valence-corrected chi connectivity index (χ1v) is 4.48. The molecule has 2 heterocycles. The summed E-state index contributed by atoms with van der Waals surface area (Å²) in [6, 6.07) is 3.84. The molecule has 1 aromatic rings. The first kappa shape index (κ1) is 8.28. The Morgan fingerprint density at radius 3 is 3.23 bits per heavy atom. The van der Waals surface area contributed by atoms with Gasteiger partial charge < -0.3 is 4.74 Å². The molecule has 0 saturated carbocycles. The largest absolute Gasteiger partial charge is 0.366 e. The van der Waals surface area contributed by atoms with Crippen LogP contribution in [-0.4, -0.2) is 17.7 Å². The zero-order valence-corrected chi connectivity index (χ0v) is 7.36. The van der Waals surface area contributed by atoms with Gasteiger partial charge in [0.1, 0.15) is 6.10 Å². The molecule has 0 amide bonds. The van der Waals surface area contributed by atoms with Gasteiger partial charge in [-0.05, 0) is 25.0 Å². The van der Waals surface area contributed by atoms with E-state index in [0.717, 1.165) is 25.0 Å². The standard InChI is InChI=1S/C11H11NO/c1-3-10(9-12-7-1)5-6-11-4-2-8-13-11/h1,3,7,9,11H,2,4,8H2/t11-/m0/s1. The molecular weight excluding hydrogens is 162 g/mol. The van der Waals surface area contributed by atoms with Crippen molar-refractivity contribution in [1.82, 2.24) is 4.98 Å². The minimum Gasteiger partial charge on any atom is -0.366 e. The van der Waals surface area contributed by atoms with E-state index in [9.17, 15) is 0 Å². The van der Waals surface area contributed by atoms with Crippen LogP contribution in [0.2, 0.25) is 0 Å². The maximum Gasteiger partial charge on any atom is 0.118 e. The molecule has 0 aliphatic carbocycles. The Kier molecular flexibility index (Phi) is 2.59. The number of nitrogens with zero attached hydrogens (tertiary/aromatic N) is 1. The first-order chi connectivity index (χ1) is 6.45. The molecular formula is C11H11NO. The number of pyridine rings is 1. The lowest BCUT2D eigenvalue weighted by Gasteiger charge is -1.96. The Morgan fingerprint density at radius 1 is 1.54 bits per heavy atom. The highest BCUT2D eigenvalue weighted by atomic mass is 16.5. The van der Waals surface area contributed by atoms with Crippen molar-refractivity contribution in [3.05, 3.63) is 30.1 Å². The molecule has 1 atom stereocenters. The van der Waals surface area contributed by atoms with Gasteiger partial charge in [0.25, 0.3) is 0 Å². The van der Waals surface area contributed by atoms with Gasteiger partial charge in [0.15, 0.2) is 0 Å². The minimum absolute atomic E-state index is 0.139. The van der Waals surface area contributed by atoms with Gasteiger partial charge in [-0.25, -0.2) is 0 Å². The number of aromatic nitrogens is 1. The van der Waals surface area contributed by atoms with Gasteiger partial charge in [0.2, 0.25) is 0 Å². The van der Waals surface area contributed by atoms with Crippen molar-refractivity contribution >= 4 is 0 Å². The summed E-state index contributed by atoms with van der Waals surface area (Å²) in [6.45, 7) is 0.854. The predicted molar refractivity (Wildman–Crippen MR) is 50.1 cm³/mol. The molecule has 1 aromatic heterocycles. The van der Waals surface area contributed by atoms with Crippen LogP contribution in [0.4, 0.5) is 0 Å². The van der Waals surface area contributed by atoms with Crippen molar-refractivity contribution in [3.8, 4) is 11.8 Å². The molecule has 1 saturated heterocycles. The second-order valence-electron chi connectivity index (χ2n) is 3.01. The fourth-order valence-corrected chi connectivity index (χ4v) is 1.29. The van der Waals surface area contributed by atoms with E-state index in [2.05, 4.69) is 16.8 Å². The van der Waals surface area contributed by atoms with Crippen LogP contribution in [0.1, 0.15) is 18.4 Å². The molecule has 1 aliphatic heterocycles. The monoisotopic (exact) mass is 173 g/mol. The highest BCUT2D eigenvalue weighted by Gasteiger charge is 2.11. The van der Waals surface area contributed by atoms with Crippen LogP contribution in [0.25, 0.3) is 0 Å². The van der Waals surface area contributed by atoms with E-state index in [0.29, 0.717) is 0 Å². The van der Waals surface area contributed by atoms with Crippen LogP contribution in [0.3, 0.4) is 0 Å². The van der Waals surface area contributed by atoms with E-state index in [4.69, 9.17) is 4.74 Å². The number of ether oxygens (including phenoxy) is 1. The zero-order chi connectivity index (χ0) is 8.93. The molecule has 0 N–H and O–H groups in total. The molecule has 0 spiro atoms. The molecule has 0 aromatic carbocycles. The Labute approximate surface area is 77.9 Å². The van der Waals surface area contributed by atoms with E-state index in [-0.39, 0.29) is 6.10 Å². The van der Waals surface area contributed by atoms with Gasteiger partial charge in [0.05, 0.1) is 0 Å². The summed E-state index contributed by atoms with van der Waals surface area (Å²) in [6.07, 6.45) is 5.85. The number of hydrogen-bond donors (Lipinski definition) is 0. The number of rotatable bonds is 0.